The van der Waals surface area contributed by atoms with E-state index in [0.717, 1.165) is 47.5 Å². The van der Waals surface area contributed by atoms with Gasteiger partial charge in [-0.1, -0.05) is 45.2 Å². The van der Waals surface area contributed by atoms with E-state index in [-0.39, 0.29) is 6.04 Å². The van der Waals surface area contributed by atoms with E-state index in [1.54, 1.807) is 6.20 Å². The Hall–Kier alpha value is -0.885. The molecule has 1 fully saturated rings. The van der Waals surface area contributed by atoms with Crippen LogP contribution in [0.2, 0.25) is 16.9 Å². The van der Waals surface area contributed by atoms with Gasteiger partial charge in [0.25, 0.3) is 0 Å². The third-order valence-corrected chi connectivity index (χ3v) is 6.37. The third kappa shape index (κ3) is 3.84. The number of aromatic nitrogens is 1. The van der Waals surface area contributed by atoms with Gasteiger partial charge in [0.2, 0.25) is 0 Å². The van der Waals surface area contributed by atoms with Crippen molar-refractivity contribution >= 4 is 56.7 Å². The Kier molecular flexibility index (Phi) is 5.65. The van der Waals surface area contributed by atoms with E-state index in [0.29, 0.717) is 10.0 Å². The van der Waals surface area contributed by atoms with Crippen molar-refractivity contribution in [2.45, 2.75) is 12.9 Å². The lowest BCUT2D eigenvalue weighted by molar-refractivity contribution is 0.144. The summed E-state index contributed by atoms with van der Waals surface area (Å²) in [6.07, 6.45) is 3.80. The van der Waals surface area contributed by atoms with Gasteiger partial charge in [-0.2, -0.15) is 0 Å². The van der Waals surface area contributed by atoms with E-state index < -0.39 is 7.05 Å². The topological polar surface area (TPSA) is 39.6 Å². The van der Waals surface area contributed by atoms with Gasteiger partial charge in [-0.15, -0.1) is 0 Å². The molecule has 1 N–H and O–H groups in total. The fraction of sp³-hybridized carbons (Fsp3) is 0.316. The van der Waals surface area contributed by atoms with Crippen LogP contribution in [0.4, 0.5) is 0 Å². The highest BCUT2D eigenvalue weighted by molar-refractivity contribution is 9.15. The zero-order valence-corrected chi connectivity index (χ0v) is 18.0. The summed E-state index contributed by atoms with van der Waals surface area (Å²) in [6, 6.07) is 7.97. The van der Waals surface area contributed by atoms with Crippen molar-refractivity contribution < 1.29 is 5.02 Å². The van der Waals surface area contributed by atoms with Gasteiger partial charge in [-0.25, -0.2) is 0 Å². The number of rotatable bonds is 2. The van der Waals surface area contributed by atoms with Gasteiger partial charge in [-0.3, -0.25) is 9.88 Å². The molecular formula is C19H19BBrCl2N3O. The molecular weight excluding hydrogens is 448 g/mol. The molecule has 0 radical (unpaired) electrons. The summed E-state index contributed by atoms with van der Waals surface area (Å²) in [5, 5.41) is 11.2. The Morgan fingerprint density at radius 3 is 2.59 bits per heavy atom. The maximum atomic E-state index is 9.88. The number of hydrogen-bond donors (Lipinski definition) is 1. The molecule has 1 aliphatic carbocycles. The molecule has 2 heterocycles. The first kappa shape index (κ1) is 19.4. The summed E-state index contributed by atoms with van der Waals surface area (Å²) >= 11 is 16.2. The zero-order chi connectivity index (χ0) is 19.1. The van der Waals surface area contributed by atoms with Crippen LogP contribution >= 0.6 is 39.1 Å². The molecule has 4 nitrogen and oxygen atoms in total. The molecule has 140 valence electrons. The second-order valence-corrected chi connectivity index (χ2v) is 8.69. The maximum Gasteiger partial charge on any atom is 0.376 e. The van der Waals surface area contributed by atoms with Crippen LogP contribution in [0.5, 0.6) is 0 Å². The molecule has 0 amide bonds. The number of fused-ring (bicyclic) bond motifs is 2. The van der Waals surface area contributed by atoms with Crippen molar-refractivity contribution in [3.05, 3.63) is 62.9 Å². The predicted molar refractivity (Wildman–Crippen MR) is 116 cm³/mol. The minimum Gasteiger partial charge on any atom is -0.437 e. The lowest BCUT2D eigenvalue weighted by Gasteiger charge is -2.40. The highest BCUT2D eigenvalue weighted by atomic mass is 79.9. The van der Waals surface area contributed by atoms with Crippen LogP contribution in [-0.2, 0) is 0 Å². The van der Waals surface area contributed by atoms with Crippen LogP contribution in [0.15, 0.2) is 30.5 Å². The van der Waals surface area contributed by atoms with Gasteiger partial charge in [0.05, 0.1) is 16.8 Å². The molecule has 0 bridgehead atoms. The van der Waals surface area contributed by atoms with Crippen molar-refractivity contribution in [2.24, 2.45) is 0 Å². The Morgan fingerprint density at radius 2 is 1.89 bits per heavy atom. The largest absolute Gasteiger partial charge is 0.437 e. The summed E-state index contributed by atoms with van der Waals surface area (Å²) in [5.41, 5.74) is 4.23. The standard InChI is InChI=1S/C19H19BBrCl2N3O/c1-20(27)26-6-4-25(5-7-26)19-15-3-2-13(22)8-12(15)9-17(21)16-10-14(23)11-24-18(16)19/h2-3,8-11,19,27H,4-7H2,1H3/t19-/m1/s1. The Labute approximate surface area is 178 Å². The van der Waals surface area contributed by atoms with E-state index in [4.69, 9.17) is 28.2 Å². The molecule has 1 atom stereocenters. The number of halogens is 3. The first-order valence-corrected chi connectivity index (χ1v) is 10.5. The monoisotopic (exact) mass is 465 g/mol. The van der Waals surface area contributed by atoms with Crippen LogP contribution < -0.4 is 0 Å². The summed E-state index contributed by atoms with van der Waals surface area (Å²) in [6.45, 7) is 5.14. The number of hydrogen-bond acceptors (Lipinski definition) is 4. The van der Waals surface area contributed by atoms with E-state index >= 15 is 0 Å². The summed E-state index contributed by atoms with van der Waals surface area (Å²) < 4.78 is 0.945. The molecule has 1 aliphatic heterocycles. The first-order valence-electron chi connectivity index (χ1n) is 8.92. The highest BCUT2D eigenvalue weighted by Gasteiger charge is 2.33. The normalized spacial score (nSPS) is 20.5. The SMILES string of the molecule is CB(O)N1CCN([C@@H]2c3ccc(Cl)cc3C=C(Br)c3cc(Cl)cnc32)CC1. The van der Waals surface area contributed by atoms with Gasteiger partial charge < -0.3 is 9.83 Å². The molecule has 1 saturated heterocycles. The lowest BCUT2D eigenvalue weighted by atomic mass is 9.84. The molecule has 4 rings (SSSR count). The predicted octanol–water partition coefficient (Wildman–Crippen LogP) is 4.41. The van der Waals surface area contributed by atoms with Crippen LogP contribution in [0.1, 0.15) is 28.4 Å². The lowest BCUT2D eigenvalue weighted by Crippen LogP contribution is -2.52. The molecule has 2 aromatic rings. The van der Waals surface area contributed by atoms with E-state index in [1.165, 1.54) is 5.56 Å². The van der Waals surface area contributed by atoms with Crippen molar-refractivity contribution in [3.8, 4) is 0 Å². The molecule has 0 spiro atoms. The fourth-order valence-electron chi connectivity index (χ4n) is 3.88. The minimum absolute atomic E-state index is 0.00647. The highest BCUT2D eigenvalue weighted by Crippen LogP contribution is 2.42. The maximum absolute atomic E-state index is 9.88. The summed E-state index contributed by atoms with van der Waals surface area (Å²) in [5.74, 6) is 0. The first-order chi connectivity index (χ1) is 12.9. The summed E-state index contributed by atoms with van der Waals surface area (Å²) in [4.78, 5) is 9.23. The molecule has 1 aromatic carbocycles. The molecule has 0 saturated carbocycles. The van der Waals surface area contributed by atoms with Crippen molar-refractivity contribution in [1.82, 2.24) is 14.7 Å². The van der Waals surface area contributed by atoms with Crippen molar-refractivity contribution in [2.75, 3.05) is 26.2 Å². The molecule has 0 unspecified atom stereocenters. The number of piperazine rings is 1. The molecule has 1 aromatic heterocycles. The quantitative estimate of drug-likeness (QED) is 0.665. The Bertz CT molecular complexity index is 901. The van der Waals surface area contributed by atoms with Gasteiger partial charge in [0.15, 0.2) is 0 Å². The number of nitrogens with zero attached hydrogens (tertiary/aromatic N) is 3. The number of benzene rings is 1. The Balaban J connectivity index is 1.81. The smallest absolute Gasteiger partial charge is 0.376 e. The molecule has 2 aliphatic rings. The second kappa shape index (κ2) is 7.86. The van der Waals surface area contributed by atoms with Crippen LogP contribution in [0.3, 0.4) is 0 Å². The average Bonchev–Trinajstić information content (AvgIpc) is 2.75. The van der Waals surface area contributed by atoms with Crippen molar-refractivity contribution in [1.29, 1.82) is 0 Å². The third-order valence-electron chi connectivity index (χ3n) is 5.27. The van der Waals surface area contributed by atoms with Crippen molar-refractivity contribution in [3.63, 3.8) is 0 Å². The average molecular weight is 467 g/mol. The van der Waals surface area contributed by atoms with Gasteiger partial charge in [-0.05, 0) is 42.2 Å². The fourth-order valence-corrected chi connectivity index (χ4v) is 4.78. The van der Waals surface area contributed by atoms with Crippen LogP contribution in [0, 0.1) is 0 Å². The summed E-state index contributed by atoms with van der Waals surface area (Å²) in [7, 11) is -0.424. The Morgan fingerprint density at radius 1 is 1.15 bits per heavy atom. The van der Waals surface area contributed by atoms with Gasteiger partial charge in [0.1, 0.15) is 0 Å². The van der Waals surface area contributed by atoms with Crippen LogP contribution in [0.25, 0.3) is 10.6 Å². The zero-order valence-electron chi connectivity index (χ0n) is 14.9. The number of pyridine rings is 1. The minimum atomic E-state index is -0.424. The van der Waals surface area contributed by atoms with Gasteiger partial charge in [0, 0.05) is 47.4 Å². The van der Waals surface area contributed by atoms with Gasteiger partial charge >= 0.3 is 7.05 Å². The second-order valence-electron chi connectivity index (χ2n) is 6.96. The van der Waals surface area contributed by atoms with E-state index in [9.17, 15) is 5.02 Å². The molecule has 8 heteroatoms. The van der Waals surface area contributed by atoms with E-state index in [2.05, 4.69) is 37.8 Å². The molecule has 27 heavy (non-hydrogen) atoms. The van der Waals surface area contributed by atoms with E-state index in [1.807, 2.05) is 25.0 Å². The van der Waals surface area contributed by atoms with Crippen LogP contribution in [-0.4, -0.2) is 52.9 Å².